The molecule has 0 aromatic heterocycles. The van der Waals surface area contributed by atoms with Crippen LogP contribution in [0.4, 0.5) is 22.7 Å². The number of rotatable bonds is 16. The molecule has 1 heterocycles. The Morgan fingerprint density at radius 2 is 1.50 bits per heavy atom. The fourth-order valence-electron chi connectivity index (χ4n) is 4.28. The molecule has 3 rings (SSSR count). The zero-order chi connectivity index (χ0) is 30.6. The molecule has 1 aliphatic rings. The third-order valence-corrected chi connectivity index (χ3v) is 6.68. The van der Waals surface area contributed by atoms with Crippen molar-refractivity contribution in [3.63, 3.8) is 0 Å². The molecule has 0 radical (unpaired) electrons. The fourth-order valence-corrected chi connectivity index (χ4v) is 4.28. The van der Waals surface area contributed by atoms with Gasteiger partial charge in [0.2, 0.25) is 5.91 Å². The maximum atomic E-state index is 12.3. The van der Waals surface area contributed by atoms with Crippen molar-refractivity contribution in [3.05, 3.63) is 60.7 Å². The quantitative estimate of drug-likeness (QED) is 0.170. The lowest BCUT2D eigenvalue weighted by Gasteiger charge is -2.25. The molecule has 3 amide bonds. The van der Waals surface area contributed by atoms with E-state index in [1.54, 1.807) is 24.3 Å². The van der Waals surface area contributed by atoms with Crippen molar-refractivity contribution in [2.75, 3.05) is 29.9 Å². The SMILES string of the molecule is CCN(CCN1C(=O)C=CC1=O)c1ccc(/N=N/c2ccc(NC(=O)CCC[C@H](C[C@H](N)C(=O)O)C(=O)O)cc2)cc1. The predicted octanol–water partition coefficient (Wildman–Crippen LogP) is 3.46. The third-order valence-electron chi connectivity index (χ3n) is 6.68. The molecule has 0 aliphatic carbocycles. The van der Waals surface area contributed by atoms with E-state index >= 15 is 0 Å². The largest absolute Gasteiger partial charge is 0.481 e. The topological polar surface area (TPSA) is 195 Å². The van der Waals surface area contributed by atoms with Crippen molar-refractivity contribution in [1.82, 2.24) is 4.90 Å². The van der Waals surface area contributed by atoms with Crippen LogP contribution in [0, 0.1) is 5.92 Å². The second-order valence-corrected chi connectivity index (χ2v) is 9.66. The van der Waals surface area contributed by atoms with Crippen molar-refractivity contribution in [3.8, 4) is 0 Å². The summed E-state index contributed by atoms with van der Waals surface area (Å²) in [6.07, 6.45) is 2.83. The van der Waals surface area contributed by atoms with E-state index < -0.39 is 23.9 Å². The van der Waals surface area contributed by atoms with Crippen LogP contribution >= 0.6 is 0 Å². The summed E-state index contributed by atoms with van der Waals surface area (Å²) in [5, 5.41) is 29.4. The Bertz CT molecular complexity index is 1320. The summed E-state index contributed by atoms with van der Waals surface area (Å²) >= 11 is 0. The molecule has 2 aromatic carbocycles. The molecule has 2 aromatic rings. The summed E-state index contributed by atoms with van der Waals surface area (Å²) < 4.78 is 0. The molecule has 0 saturated heterocycles. The summed E-state index contributed by atoms with van der Waals surface area (Å²) in [6.45, 7) is 3.48. The van der Waals surface area contributed by atoms with E-state index in [0.717, 1.165) is 5.69 Å². The molecule has 2 atom stereocenters. The van der Waals surface area contributed by atoms with Crippen LogP contribution in [-0.4, -0.2) is 70.4 Å². The summed E-state index contributed by atoms with van der Waals surface area (Å²) in [5.74, 6) is -4.24. The lowest BCUT2D eigenvalue weighted by atomic mass is 9.94. The molecular formula is C29H34N6O7. The number of nitrogens with two attached hydrogens (primary N) is 1. The minimum Gasteiger partial charge on any atom is -0.481 e. The van der Waals surface area contributed by atoms with E-state index in [2.05, 4.69) is 15.5 Å². The zero-order valence-electron chi connectivity index (χ0n) is 23.2. The highest BCUT2D eigenvalue weighted by atomic mass is 16.4. The number of nitrogens with one attached hydrogen (secondary N) is 1. The number of anilines is 2. The lowest BCUT2D eigenvalue weighted by molar-refractivity contribution is -0.144. The Hall–Kier alpha value is -4.91. The van der Waals surface area contributed by atoms with Gasteiger partial charge in [-0.15, -0.1) is 0 Å². The Morgan fingerprint density at radius 1 is 0.929 bits per heavy atom. The standard InChI is InChI=1S/C29H34N6O7/c1-2-34(16-17-35-26(37)14-15-27(35)38)23-12-10-22(11-13-23)33-32-21-8-6-20(7-9-21)31-25(36)5-3-4-19(28(39)40)18-24(30)29(41)42/h6-15,19,24H,2-5,16-18,30H2,1H3,(H,31,36)(H,39,40)(H,41,42)/b33-32+/t19-,24+/m1/s1. The predicted molar refractivity (Wildman–Crippen MR) is 155 cm³/mol. The van der Waals surface area contributed by atoms with E-state index in [0.29, 0.717) is 36.7 Å². The second kappa shape index (κ2) is 15.2. The van der Waals surface area contributed by atoms with Crippen molar-refractivity contribution in [1.29, 1.82) is 0 Å². The first-order valence-corrected chi connectivity index (χ1v) is 13.5. The Morgan fingerprint density at radius 3 is 2.02 bits per heavy atom. The zero-order valence-corrected chi connectivity index (χ0v) is 23.2. The minimum atomic E-state index is -1.27. The lowest BCUT2D eigenvalue weighted by Crippen LogP contribution is -2.38. The number of hydrogen-bond acceptors (Lipinski definition) is 9. The number of imide groups is 1. The van der Waals surface area contributed by atoms with E-state index in [9.17, 15) is 29.1 Å². The molecule has 0 bridgehead atoms. The van der Waals surface area contributed by atoms with Crippen molar-refractivity contribution >= 4 is 52.4 Å². The smallest absolute Gasteiger partial charge is 0.320 e. The van der Waals surface area contributed by atoms with Crippen molar-refractivity contribution in [2.45, 2.75) is 38.6 Å². The van der Waals surface area contributed by atoms with Crippen LogP contribution in [-0.2, 0) is 24.0 Å². The van der Waals surface area contributed by atoms with Gasteiger partial charge in [0, 0.05) is 49.6 Å². The van der Waals surface area contributed by atoms with Crippen LogP contribution in [0.15, 0.2) is 70.9 Å². The van der Waals surface area contributed by atoms with Crippen LogP contribution < -0.4 is 16.0 Å². The molecule has 42 heavy (non-hydrogen) atoms. The molecule has 0 unspecified atom stereocenters. The van der Waals surface area contributed by atoms with E-state index in [4.69, 9.17) is 10.8 Å². The molecule has 1 aliphatic heterocycles. The number of amides is 3. The van der Waals surface area contributed by atoms with Crippen molar-refractivity contribution < 1.29 is 34.2 Å². The van der Waals surface area contributed by atoms with Crippen LogP contribution in [0.3, 0.4) is 0 Å². The average Bonchev–Trinajstić information content (AvgIpc) is 3.29. The van der Waals surface area contributed by atoms with Gasteiger partial charge in [0.25, 0.3) is 11.8 Å². The first kappa shape index (κ1) is 31.6. The van der Waals surface area contributed by atoms with Gasteiger partial charge in [-0.05, 0) is 74.7 Å². The Labute approximate surface area is 242 Å². The highest BCUT2D eigenvalue weighted by Gasteiger charge is 2.25. The molecule has 13 heteroatoms. The van der Waals surface area contributed by atoms with E-state index in [1.807, 2.05) is 36.1 Å². The minimum absolute atomic E-state index is 0.0741. The monoisotopic (exact) mass is 578 g/mol. The number of carboxylic acid groups (broad SMARTS) is 2. The molecule has 0 fully saturated rings. The van der Waals surface area contributed by atoms with Gasteiger partial charge in [0.1, 0.15) is 6.04 Å². The van der Waals surface area contributed by atoms with E-state index in [1.165, 1.54) is 17.1 Å². The number of carbonyl (C=O) groups is 5. The van der Waals surface area contributed by atoms with Gasteiger partial charge in [-0.25, -0.2) is 0 Å². The number of benzene rings is 2. The van der Waals surface area contributed by atoms with E-state index in [-0.39, 0.29) is 43.4 Å². The van der Waals surface area contributed by atoms with Crippen molar-refractivity contribution in [2.24, 2.45) is 21.9 Å². The number of carbonyl (C=O) groups excluding carboxylic acids is 3. The molecule has 0 saturated carbocycles. The summed E-state index contributed by atoms with van der Waals surface area (Å²) in [7, 11) is 0. The molecular weight excluding hydrogens is 544 g/mol. The molecule has 222 valence electrons. The number of azo groups is 1. The molecule has 5 N–H and O–H groups in total. The second-order valence-electron chi connectivity index (χ2n) is 9.66. The highest BCUT2D eigenvalue weighted by molar-refractivity contribution is 6.12. The number of nitrogens with zero attached hydrogens (tertiary/aromatic N) is 4. The van der Waals surface area contributed by atoms with Gasteiger partial charge >= 0.3 is 11.9 Å². The summed E-state index contributed by atoms with van der Waals surface area (Å²) in [6, 6.07) is 12.9. The number of likely N-dealkylation sites (N-methyl/N-ethyl adjacent to an activating group) is 1. The highest BCUT2D eigenvalue weighted by Crippen LogP contribution is 2.24. The van der Waals surface area contributed by atoms with Gasteiger partial charge in [-0.1, -0.05) is 0 Å². The van der Waals surface area contributed by atoms with Gasteiger partial charge < -0.3 is 26.2 Å². The first-order valence-electron chi connectivity index (χ1n) is 13.5. The van der Waals surface area contributed by atoms with Crippen LogP contribution in [0.25, 0.3) is 0 Å². The number of hydrogen-bond donors (Lipinski definition) is 4. The maximum Gasteiger partial charge on any atom is 0.320 e. The third kappa shape index (κ3) is 9.34. The van der Waals surface area contributed by atoms with Gasteiger partial charge in [0.05, 0.1) is 17.3 Å². The van der Waals surface area contributed by atoms with Crippen LogP contribution in [0.5, 0.6) is 0 Å². The number of aliphatic carboxylic acids is 2. The summed E-state index contributed by atoms with van der Waals surface area (Å²) in [5.41, 5.74) is 8.10. The molecule has 0 spiro atoms. The Kier molecular flexibility index (Phi) is 11.4. The number of carboxylic acids is 2. The first-order chi connectivity index (χ1) is 20.1. The fraction of sp³-hybridized carbons (Fsp3) is 0.345. The van der Waals surface area contributed by atoms with Gasteiger partial charge in [-0.3, -0.25) is 28.9 Å². The molecule has 13 nitrogen and oxygen atoms in total. The Balaban J connectivity index is 1.46. The maximum absolute atomic E-state index is 12.3. The van der Waals surface area contributed by atoms with Crippen LogP contribution in [0.1, 0.15) is 32.6 Å². The van der Waals surface area contributed by atoms with Gasteiger partial charge in [0.15, 0.2) is 0 Å². The van der Waals surface area contributed by atoms with Crippen LogP contribution in [0.2, 0.25) is 0 Å². The average molecular weight is 579 g/mol. The van der Waals surface area contributed by atoms with Gasteiger partial charge in [-0.2, -0.15) is 10.2 Å². The normalized spacial score (nSPS) is 14.3. The summed E-state index contributed by atoms with van der Waals surface area (Å²) in [4.78, 5) is 61.3.